The van der Waals surface area contributed by atoms with Crippen LogP contribution in [-0.4, -0.2) is 36.5 Å². The Morgan fingerprint density at radius 2 is 2.00 bits per heavy atom. The average molecular weight is 364 g/mol. The van der Waals surface area contributed by atoms with Crippen molar-refractivity contribution in [1.29, 1.82) is 0 Å². The minimum Gasteiger partial charge on any atom is -0.371 e. The van der Waals surface area contributed by atoms with Crippen LogP contribution in [0.1, 0.15) is 36.4 Å². The van der Waals surface area contributed by atoms with E-state index in [1.54, 1.807) is 6.07 Å². The third kappa shape index (κ3) is 2.90. The van der Waals surface area contributed by atoms with Crippen LogP contribution in [0, 0.1) is 0 Å². The molecule has 3 rings (SSSR count). The van der Waals surface area contributed by atoms with E-state index in [9.17, 15) is 18.4 Å². The highest BCUT2D eigenvalue weighted by Gasteiger charge is 2.63. The molecule has 26 heavy (non-hydrogen) atoms. The fourth-order valence-corrected chi connectivity index (χ4v) is 3.73. The van der Waals surface area contributed by atoms with Gasteiger partial charge in [-0.15, -0.1) is 0 Å². The summed E-state index contributed by atoms with van der Waals surface area (Å²) in [6.45, 7) is 3.41. The number of alkyl halides is 2. The zero-order chi connectivity index (χ0) is 18.9. The molecule has 7 heteroatoms. The lowest BCUT2D eigenvalue weighted by molar-refractivity contribution is -0.228. The third-order valence-electron chi connectivity index (χ3n) is 5.44. The number of carbonyl (C=O) groups is 2. The van der Waals surface area contributed by atoms with E-state index in [0.29, 0.717) is 12.8 Å². The number of hydrogen-bond acceptors (Lipinski definition) is 3. The van der Waals surface area contributed by atoms with Crippen molar-refractivity contribution in [1.82, 2.24) is 10.6 Å². The summed E-state index contributed by atoms with van der Waals surface area (Å²) in [5.41, 5.74) is -0.0236. The molecule has 1 aromatic rings. The largest absolute Gasteiger partial charge is 0.371 e. The van der Waals surface area contributed by atoms with Crippen LogP contribution in [0.2, 0.25) is 0 Å². The molecule has 5 nitrogen and oxygen atoms in total. The van der Waals surface area contributed by atoms with Gasteiger partial charge in [0.25, 0.3) is 5.91 Å². The number of methoxy groups -OCH3 is 1. The second-order valence-corrected chi connectivity index (χ2v) is 6.80. The second kappa shape index (κ2) is 6.79. The van der Waals surface area contributed by atoms with Crippen LogP contribution < -0.4 is 10.6 Å². The monoisotopic (exact) mass is 364 g/mol. The van der Waals surface area contributed by atoms with Crippen molar-refractivity contribution >= 4 is 11.8 Å². The van der Waals surface area contributed by atoms with Gasteiger partial charge in [-0.05, 0) is 42.9 Å². The molecule has 0 bridgehead atoms. The Kier molecular flexibility index (Phi) is 4.84. The van der Waals surface area contributed by atoms with Gasteiger partial charge in [0.1, 0.15) is 5.60 Å². The van der Waals surface area contributed by atoms with Crippen LogP contribution in [0.15, 0.2) is 36.9 Å². The Morgan fingerprint density at radius 1 is 1.31 bits per heavy atom. The third-order valence-corrected chi connectivity index (χ3v) is 5.44. The van der Waals surface area contributed by atoms with Crippen LogP contribution >= 0.6 is 0 Å². The number of nitrogens with one attached hydrogen (secondary N) is 2. The Hall–Kier alpha value is -2.28. The predicted octanol–water partition coefficient (Wildman–Crippen LogP) is 2.28. The smallest absolute Gasteiger partial charge is 0.352 e. The number of hydrogen-bond donors (Lipinski definition) is 2. The summed E-state index contributed by atoms with van der Waals surface area (Å²) < 4.78 is 34.4. The molecule has 1 fully saturated rings. The van der Waals surface area contributed by atoms with Gasteiger partial charge in [0, 0.05) is 7.11 Å². The fraction of sp³-hybridized carbons (Fsp3) is 0.474. The SMILES string of the molecule is C=CC(=O)N[C@@H]1c2ccccc2C[C@H]1NC(=O)C(F)(F)C1(OC)CCC1. The highest BCUT2D eigenvalue weighted by molar-refractivity contribution is 5.88. The topological polar surface area (TPSA) is 67.4 Å². The van der Waals surface area contributed by atoms with Crippen molar-refractivity contribution in [2.75, 3.05) is 7.11 Å². The minimum atomic E-state index is -3.64. The lowest BCUT2D eigenvalue weighted by atomic mass is 9.74. The number of halogens is 2. The fourth-order valence-electron chi connectivity index (χ4n) is 3.73. The summed E-state index contributed by atoms with van der Waals surface area (Å²) in [4.78, 5) is 24.2. The zero-order valence-corrected chi connectivity index (χ0v) is 14.6. The van der Waals surface area contributed by atoms with E-state index in [1.807, 2.05) is 18.2 Å². The average Bonchev–Trinajstić information content (AvgIpc) is 2.91. The molecule has 0 radical (unpaired) electrons. The summed E-state index contributed by atoms with van der Waals surface area (Å²) in [5.74, 6) is -5.43. The van der Waals surface area contributed by atoms with E-state index < -0.39 is 35.4 Å². The molecule has 2 amide bonds. The molecular formula is C19H22F2N2O3. The summed E-state index contributed by atoms with van der Waals surface area (Å²) in [6.07, 6.45) is 2.36. The quantitative estimate of drug-likeness (QED) is 0.761. The van der Waals surface area contributed by atoms with Gasteiger partial charge in [0.05, 0.1) is 12.1 Å². The Labute approximate surface area is 150 Å². The predicted molar refractivity (Wildman–Crippen MR) is 91.7 cm³/mol. The Morgan fingerprint density at radius 3 is 2.58 bits per heavy atom. The first kappa shape index (κ1) is 18.5. The lowest BCUT2D eigenvalue weighted by Crippen LogP contribution is -2.63. The van der Waals surface area contributed by atoms with Crippen molar-refractivity contribution in [3.05, 3.63) is 48.0 Å². The normalized spacial score (nSPS) is 23.5. The second-order valence-electron chi connectivity index (χ2n) is 6.80. The minimum absolute atomic E-state index is 0.144. The standard InChI is InChI=1S/C19H22F2N2O3/c1-3-15(24)23-16-13-8-5-4-7-12(13)11-14(16)22-17(25)19(20,21)18(26-2)9-6-10-18/h3-5,7-8,14,16H,1,6,9-11H2,2H3,(H,22,25)(H,23,24)/t14-,16-/m1/s1. The van der Waals surface area contributed by atoms with Crippen molar-refractivity contribution in [2.45, 2.75) is 49.3 Å². The van der Waals surface area contributed by atoms with Crippen LogP contribution in [-0.2, 0) is 20.7 Å². The van der Waals surface area contributed by atoms with E-state index >= 15 is 0 Å². The van der Waals surface area contributed by atoms with Gasteiger partial charge < -0.3 is 15.4 Å². The van der Waals surface area contributed by atoms with Gasteiger partial charge in [0.2, 0.25) is 5.91 Å². The van der Waals surface area contributed by atoms with Gasteiger partial charge >= 0.3 is 5.92 Å². The van der Waals surface area contributed by atoms with Crippen LogP contribution in [0.5, 0.6) is 0 Å². The van der Waals surface area contributed by atoms with Crippen LogP contribution in [0.4, 0.5) is 8.78 Å². The van der Waals surface area contributed by atoms with Crippen molar-refractivity contribution in [3.63, 3.8) is 0 Å². The van der Waals surface area contributed by atoms with Crippen molar-refractivity contribution in [2.24, 2.45) is 0 Å². The Bertz CT molecular complexity index is 726. The van der Waals surface area contributed by atoms with Gasteiger partial charge in [-0.25, -0.2) is 0 Å². The van der Waals surface area contributed by atoms with Gasteiger partial charge in [-0.3, -0.25) is 9.59 Å². The highest BCUT2D eigenvalue weighted by atomic mass is 19.3. The summed E-state index contributed by atoms with van der Waals surface area (Å²) in [5, 5.41) is 5.16. The molecule has 0 aliphatic heterocycles. The molecule has 1 aromatic carbocycles. The first-order valence-corrected chi connectivity index (χ1v) is 8.59. The number of carbonyl (C=O) groups excluding carboxylic acids is 2. The first-order valence-electron chi connectivity index (χ1n) is 8.59. The Balaban J connectivity index is 1.80. The van der Waals surface area contributed by atoms with Gasteiger partial charge in [-0.1, -0.05) is 30.8 Å². The maximum Gasteiger partial charge on any atom is 0.352 e. The number of amides is 2. The summed E-state index contributed by atoms with van der Waals surface area (Å²) >= 11 is 0. The molecule has 2 aliphatic rings. The number of fused-ring (bicyclic) bond motifs is 1. The maximum atomic E-state index is 14.7. The molecule has 1 saturated carbocycles. The zero-order valence-electron chi connectivity index (χ0n) is 14.6. The van der Waals surface area contributed by atoms with Crippen molar-refractivity contribution in [3.8, 4) is 0 Å². The molecule has 0 heterocycles. The molecule has 0 saturated heterocycles. The van der Waals surface area contributed by atoms with E-state index in [2.05, 4.69) is 17.2 Å². The van der Waals surface area contributed by atoms with Gasteiger partial charge in [0.15, 0.2) is 0 Å². The van der Waals surface area contributed by atoms with E-state index in [1.165, 1.54) is 7.11 Å². The molecule has 2 aliphatic carbocycles. The molecule has 2 atom stereocenters. The number of rotatable bonds is 6. The van der Waals surface area contributed by atoms with E-state index in [-0.39, 0.29) is 12.8 Å². The molecular weight excluding hydrogens is 342 g/mol. The van der Waals surface area contributed by atoms with Crippen molar-refractivity contribution < 1.29 is 23.1 Å². The number of ether oxygens (including phenoxy) is 1. The summed E-state index contributed by atoms with van der Waals surface area (Å²) in [6, 6.07) is 6.06. The maximum absolute atomic E-state index is 14.7. The molecule has 140 valence electrons. The molecule has 2 N–H and O–H groups in total. The van der Waals surface area contributed by atoms with E-state index in [4.69, 9.17) is 4.74 Å². The molecule has 0 spiro atoms. The lowest BCUT2D eigenvalue weighted by Gasteiger charge is -2.45. The molecule has 0 aromatic heterocycles. The van der Waals surface area contributed by atoms with Gasteiger partial charge in [-0.2, -0.15) is 8.78 Å². The summed E-state index contributed by atoms with van der Waals surface area (Å²) in [7, 11) is 1.21. The van der Waals surface area contributed by atoms with Crippen LogP contribution in [0.3, 0.4) is 0 Å². The first-order chi connectivity index (χ1) is 12.3. The van der Waals surface area contributed by atoms with Crippen LogP contribution in [0.25, 0.3) is 0 Å². The van der Waals surface area contributed by atoms with E-state index in [0.717, 1.165) is 17.2 Å². The number of benzene rings is 1. The highest BCUT2D eigenvalue weighted by Crippen LogP contribution is 2.47. The molecule has 0 unspecified atom stereocenters.